The van der Waals surface area contributed by atoms with Crippen LogP contribution in [0.1, 0.15) is 0 Å². The van der Waals surface area contributed by atoms with E-state index in [0.29, 0.717) is 28.6 Å². The van der Waals surface area contributed by atoms with Crippen molar-refractivity contribution in [2.75, 3.05) is 11.5 Å². The summed E-state index contributed by atoms with van der Waals surface area (Å²) in [7, 11) is 0. The molecule has 0 aliphatic rings. The number of anilines is 2. The first-order valence-electron chi connectivity index (χ1n) is 8.10. The van der Waals surface area contributed by atoms with E-state index in [2.05, 4.69) is 9.97 Å². The molecule has 0 saturated carbocycles. The zero-order chi connectivity index (χ0) is 17.7. The summed E-state index contributed by atoms with van der Waals surface area (Å²) in [5, 5.41) is 1.92. The van der Waals surface area contributed by atoms with Crippen LogP contribution in [0.25, 0.3) is 44.8 Å². The van der Waals surface area contributed by atoms with Gasteiger partial charge in [0.25, 0.3) is 0 Å². The van der Waals surface area contributed by atoms with Crippen LogP contribution in [0.3, 0.4) is 0 Å². The van der Waals surface area contributed by atoms with Crippen LogP contribution >= 0.6 is 0 Å². The fourth-order valence-corrected chi connectivity index (χ4v) is 3.06. The van der Waals surface area contributed by atoms with Gasteiger partial charge in [0.15, 0.2) is 11.5 Å². The highest BCUT2D eigenvalue weighted by atomic mass is 16.3. The van der Waals surface area contributed by atoms with E-state index in [4.69, 9.17) is 20.3 Å². The first kappa shape index (κ1) is 14.5. The molecule has 0 bridgehead atoms. The third-order valence-corrected chi connectivity index (χ3v) is 4.28. The van der Waals surface area contributed by atoms with Crippen molar-refractivity contribution in [3.05, 3.63) is 60.7 Å². The summed E-state index contributed by atoms with van der Waals surface area (Å²) < 4.78 is 11.8. The van der Waals surface area contributed by atoms with Gasteiger partial charge in [0.2, 0.25) is 5.95 Å². The number of fused-ring (bicyclic) bond motifs is 2. The molecule has 6 nitrogen and oxygen atoms in total. The molecule has 5 aromatic rings. The number of aromatic nitrogens is 2. The zero-order valence-electron chi connectivity index (χ0n) is 13.6. The summed E-state index contributed by atoms with van der Waals surface area (Å²) in [6, 6.07) is 19.2. The Balaban J connectivity index is 1.72. The van der Waals surface area contributed by atoms with E-state index >= 15 is 0 Å². The lowest BCUT2D eigenvalue weighted by Gasteiger charge is -2.07. The maximum absolute atomic E-state index is 6.36. The number of furan rings is 2. The molecule has 3 aromatic heterocycles. The Bertz CT molecular complexity index is 1110. The van der Waals surface area contributed by atoms with Gasteiger partial charge in [-0.3, -0.25) is 0 Å². The predicted molar refractivity (Wildman–Crippen MR) is 101 cm³/mol. The van der Waals surface area contributed by atoms with Gasteiger partial charge in [-0.05, 0) is 24.3 Å². The Morgan fingerprint density at radius 2 is 1.12 bits per heavy atom. The Hall–Kier alpha value is -3.80. The molecule has 6 heteroatoms. The van der Waals surface area contributed by atoms with Gasteiger partial charge in [0.1, 0.15) is 22.6 Å². The van der Waals surface area contributed by atoms with Crippen LogP contribution < -0.4 is 11.5 Å². The molecule has 0 atom stereocenters. The third kappa shape index (κ3) is 2.20. The minimum atomic E-state index is 0.102. The van der Waals surface area contributed by atoms with Crippen molar-refractivity contribution >= 4 is 33.6 Å². The lowest BCUT2D eigenvalue weighted by atomic mass is 10.1. The number of nitrogens with two attached hydrogens (primary N) is 2. The first-order valence-corrected chi connectivity index (χ1v) is 8.10. The van der Waals surface area contributed by atoms with Crippen molar-refractivity contribution in [3.8, 4) is 22.9 Å². The maximum Gasteiger partial charge on any atom is 0.221 e. The summed E-state index contributed by atoms with van der Waals surface area (Å²) in [5.74, 6) is 1.18. The summed E-state index contributed by atoms with van der Waals surface area (Å²) in [6.45, 7) is 0. The van der Waals surface area contributed by atoms with Crippen LogP contribution in [-0.4, -0.2) is 9.97 Å². The van der Waals surface area contributed by atoms with Gasteiger partial charge >= 0.3 is 0 Å². The average Bonchev–Trinajstić information content (AvgIpc) is 3.26. The second kappa shape index (κ2) is 5.35. The average molecular weight is 342 g/mol. The number of hydrogen-bond donors (Lipinski definition) is 2. The summed E-state index contributed by atoms with van der Waals surface area (Å²) >= 11 is 0. The van der Waals surface area contributed by atoms with Crippen molar-refractivity contribution < 1.29 is 8.83 Å². The predicted octanol–water partition coefficient (Wildman–Crippen LogP) is 4.47. The Morgan fingerprint density at radius 1 is 0.654 bits per heavy atom. The standard InChI is InChI=1S/C20H14N4O2/c21-17-18(15-9-11-5-1-3-7-13(11)25-15)23-20(22)24-19(17)16-10-12-6-2-4-8-14(12)26-16/h1-10H,21H2,(H2,22,23,24). The number of para-hydroxylation sites is 2. The quantitative estimate of drug-likeness (QED) is 0.490. The van der Waals surface area contributed by atoms with Gasteiger partial charge in [0.05, 0.1) is 5.69 Å². The van der Waals surface area contributed by atoms with Crippen LogP contribution in [-0.2, 0) is 0 Å². The molecule has 5 rings (SSSR count). The monoisotopic (exact) mass is 342 g/mol. The van der Waals surface area contributed by atoms with Gasteiger partial charge in [-0.1, -0.05) is 36.4 Å². The van der Waals surface area contributed by atoms with E-state index < -0.39 is 0 Å². The van der Waals surface area contributed by atoms with Crippen molar-refractivity contribution in [1.29, 1.82) is 0 Å². The summed E-state index contributed by atoms with van der Waals surface area (Å²) in [6.07, 6.45) is 0. The molecule has 2 aromatic carbocycles. The number of hydrogen-bond acceptors (Lipinski definition) is 6. The zero-order valence-corrected chi connectivity index (χ0v) is 13.6. The van der Waals surface area contributed by atoms with Gasteiger partial charge in [-0.15, -0.1) is 0 Å². The highest BCUT2D eigenvalue weighted by molar-refractivity contribution is 5.90. The SMILES string of the molecule is Nc1nc(-c2cc3ccccc3o2)c(N)c(-c2cc3ccccc3o2)n1. The van der Waals surface area contributed by atoms with Crippen molar-refractivity contribution in [2.45, 2.75) is 0 Å². The number of benzene rings is 2. The Kier molecular flexibility index (Phi) is 2.99. The van der Waals surface area contributed by atoms with Crippen LogP contribution in [0, 0.1) is 0 Å². The molecule has 0 saturated heterocycles. The molecular weight excluding hydrogens is 328 g/mol. The number of rotatable bonds is 2. The van der Waals surface area contributed by atoms with E-state index in [-0.39, 0.29) is 5.95 Å². The third-order valence-electron chi connectivity index (χ3n) is 4.28. The van der Waals surface area contributed by atoms with Crippen LogP contribution in [0.15, 0.2) is 69.5 Å². The first-order chi connectivity index (χ1) is 12.7. The lowest BCUT2D eigenvalue weighted by molar-refractivity contribution is 0.625. The van der Waals surface area contributed by atoms with Crippen molar-refractivity contribution in [2.24, 2.45) is 0 Å². The van der Waals surface area contributed by atoms with E-state index in [9.17, 15) is 0 Å². The van der Waals surface area contributed by atoms with Gasteiger partial charge in [-0.25, -0.2) is 9.97 Å². The van der Waals surface area contributed by atoms with Crippen molar-refractivity contribution in [1.82, 2.24) is 9.97 Å². The smallest absolute Gasteiger partial charge is 0.221 e. The van der Waals surface area contributed by atoms with E-state index in [1.54, 1.807) is 0 Å². The molecule has 0 radical (unpaired) electrons. The molecule has 0 aliphatic carbocycles. The lowest BCUT2D eigenvalue weighted by Crippen LogP contribution is -2.03. The fraction of sp³-hybridized carbons (Fsp3) is 0. The normalized spacial score (nSPS) is 11.4. The maximum atomic E-state index is 6.36. The Labute approximate surface area is 148 Å². The second-order valence-corrected chi connectivity index (χ2v) is 5.99. The molecule has 0 spiro atoms. The molecule has 4 N–H and O–H groups in total. The van der Waals surface area contributed by atoms with Gasteiger partial charge < -0.3 is 20.3 Å². The highest BCUT2D eigenvalue weighted by Crippen LogP contribution is 2.37. The van der Waals surface area contributed by atoms with Crippen LogP contribution in [0.2, 0.25) is 0 Å². The van der Waals surface area contributed by atoms with E-state index in [1.807, 2.05) is 60.7 Å². The minimum absolute atomic E-state index is 0.102. The van der Waals surface area contributed by atoms with E-state index in [0.717, 1.165) is 21.9 Å². The Morgan fingerprint density at radius 3 is 1.58 bits per heavy atom. The highest BCUT2D eigenvalue weighted by Gasteiger charge is 2.19. The molecule has 0 unspecified atom stereocenters. The van der Waals surface area contributed by atoms with Crippen LogP contribution in [0.4, 0.5) is 11.6 Å². The van der Waals surface area contributed by atoms with Gasteiger partial charge in [-0.2, -0.15) is 0 Å². The topological polar surface area (TPSA) is 104 Å². The van der Waals surface area contributed by atoms with Gasteiger partial charge in [0, 0.05) is 10.8 Å². The largest absolute Gasteiger partial charge is 0.454 e. The molecule has 3 heterocycles. The van der Waals surface area contributed by atoms with Crippen LogP contribution in [0.5, 0.6) is 0 Å². The minimum Gasteiger partial charge on any atom is -0.454 e. The number of nitrogen functional groups attached to an aromatic ring is 2. The fourth-order valence-electron chi connectivity index (χ4n) is 3.06. The molecule has 0 fully saturated rings. The second-order valence-electron chi connectivity index (χ2n) is 5.99. The van der Waals surface area contributed by atoms with E-state index in [1.165, 1.54) is 0 Å². The number of nitrogens with zero attached hydrogens (tertiary/aromatic N) is 2. The molecular formula is C20H14N4O2. The summed E-state index contributed by atoms with van der Waals surface area (Å²) in [5.41, 5.74) is 15.1. The molecule has 26 heavy (non-hydrogen) atoms. The summed E-state index contributed by atoms with van der Waals surface area (Å²) in [4.78, 5) is 8.57. The van der Waals surface area contributed by atoms with Crippen molar-refractivity contribution in [3.63, 3.8) is 0 Å². The molecule has 0 amide bonds. The molecule has 0 aliphatic heterocycles. The molecule has 126 valence electrons.